The number of fused-ring (bicyclic) bond motifs is 3. The van der Waals surface area contributed by atoms with E-state index in [0.29, 0.717) is 51.3 Å². The highest BCUT2D eigenvalue weighted by Gasteiger charge is 2.38. The van der Waals surface area contributed by atoms with Crippen LogP contribution in [0.25, 0.3) is 0 Å². The molecular formula is C31H43N7O3. The molecule has 1 saturated heterocycles. The van der Waals surface area contributed by atoms with Crippen LogP contribution in [-0.4, -0.2) is 80.8 Å². The molecule has 1 aromatic carbocycles. The quantitative estimate of drug-likeness (QED) is 0.503. The van der Waals surface area contributed by atoms with Crippen molar-refractivity contribution in [1.29, 1.82) is 0 Å². The minimum Gasteiger partial charge on any atom is -0.348 e. The topological polar surface area (TPSA) is 112 Å². The van der Waals surface area contributed by atoms with Crippen LogP contribution < -0.4 is 10.6 Å². The van der Waals surface area contributed by atoms with Gasteiger partial charge in [0.2, 0.25) is 17.7 Å². The average molecular weight is 562 g/mol. The molecule has 0 unspecified atom stereocenters. The second kappa shape index (κ2) is 14.7. The molecule has 220 valence electrons. The Labute approximate surface area is 242 Å². The van der Waals surface area contributed by atoms with E-state index >= 15 is 0 Å². The average Bonchev–Trinajstić information content (AvgIpc) is 3.41. The van der Waals surface area contributed by atoms with Crippen molar-refractivity contribution < 1.29 is 14.4 Å². The SMILES string of the molecule is CC(C)=CCCC(C)=CCN1CCN2C(=O)[C@H](Cc3ccccc3)NC(=O)CCCn3cc(nn3)CNC(=O)[C@H]2C1. The van der Waals surface area contributed by atoms with Gasteiger partial charge in [-0.15, -0.1) is 5.10 Å². The zero-order valence-electron chi connectivity index (χ0n) is 24.5. The first-order valence-corrected chi connectivity index (χ1v) is 14.6. The van der Waals surface area contributed by atoms with E-state index in [1.165, 1.54) is 11.1 Å². The Kier molecular flexibility index (Phi) is 10.8. The first-order chi connectivity index (χ1) is 19.8. The number of benzene rings is 1. The van der Waals surface area contributed by atoms with E-state index in [4.69, 9.17) is 0 Å². The van der Waals surface area contributed by atoms with Crippen LogP contribution in [0.4, 0.5) is 0 Å². The van der Waals surface area contributed by atoms with Crippen molar-refractivity contribution in [3.05, 3.63) is 71.1 Å². The van der Waals surface area contributed by atoms with Gasteiger partial charge in [0.1, 0.15) is 17.8 Å². The van der Waals surface area contributed by atoms with Gasteiger partial charge in [-0.3, -0.25) is 24.0 Å². The fraction of sp³-hybridized carbons (Fsp3) is 0.516. The summed E-state index contributed by atoms with van der Waals surface area (Å²) in [6.07, 6.45) is 9.45. The van der Waals surface area contributed by atoms with E-state index in [1.807, 2.05) is 30.3 Å². The Bertz CT molecular complexity index is 1250. The number of rotatable bonds is 7. The first kappa shape index (κ1) is 30.2. The highest BCUT2D eigenvalue weighted by Crippen LogP contribution is 2.16. The van der Waals surface area contributed by atoms with Crippen LogP contribution >= 0.6 is 0 Å². The van der Waals surface area contributed by atoms with Crippen LogP contribution in [-0.2, 0) is 33.9 Å². The number of hydrogen-bond donors (Lipinski definition) is 2. The molecule has 0 radical (unpaired) electrons. The fourth-order valence-corrected chi connectivity index (χ4v) is 5.21. The van der Waals surface area contributed by atoms with Crippen LogP contribution in [0.15, 0.2) is 59.8 Å². The van der Waals surface area contributed by atoms with E-state index in [-0.39, 0.29) is 30.7 Å². The highest BCUT2D eigenvalue weighted by molar-refractivity contribution is 5.92. The normalized spacial score (nSPS) is 21.3. The summed E-state index contributed by atoms with van der Waals surface area (Å²) < 4.78 is 1.68. The molecule has 2 aromatic rings. The molecule has 41 heavy (non-hydrogen) atoms. The molecule has 2 bridgehead atoms. The summed E-state index contributed by atoms with van der Waals surface area (Å²) in [4.78, 5) is 44.4. The van der Waals surface area contributed by atoms with Crippen molar-refractivity contribution in [3.63, 3.8) is 0 Å². The van der Waals surface area contributed by atoms with Crippen LogP contribution in [0, 0.1) is 0 Å². The molecule has 0 aliphatic carbocycles. The lowest BCUT2D eigenvalue weighted by Crippen LogP contribution is -2.63. The smallest absolute Gasteiger partial charge is 0.246 e. The third-order valence-corrected chi connectivity index (χ3v) is 7.58. The third kappa shape index (κ3) is 9.11. The molecule has 0 spiro atoms. The van der Waals surface area contributed by atoms with E-state index in [9.17, 15) is 14.4 Å². The number of nitrogens with zero attached hydrogens (tertiary/aromatic N) is 5. The molecule has 10 heteroatoms. The number of allylic oxidation sites excluding steroid dienone is 3. The minimum absolute atomic E-state index is 0.192. The van der Waals surface area contributed by atoms with Crippen molar-refractivity contribution in [3.8, 4) is 0 Å². The van der Waals surface area contributed by atoms with Crippen molar-refractivity contribution in [2.45, 2.75) is 78.0 Å². The van der Waals surface area contributed by atoms with Gasteiger partial charge < -0.3 is 15.5 Å². The van der Waals surface area contributed by atoms with E-state index < -0.39 is 12.1 Å². The number of aromatic nitrogens is 3. The van der Waals surface area contributed by atoms with Gasteiger partial charge in [0.15, 0.2) is 0 Å². The van der Waals surface area contributed by atoms with Crippen molar-refractivity contribution >= 4 is 17.7 Å². The van der Waals surface area contributed by atoms with Gasteiger partial charge in [-0.05, 0) is 45.6 Å². The molecule has 2 aliphatic rings. The van der Waals surface area contributed by atoms with Crippen LogP contribution in [0.3, 0.4) is 0 Å². The predicted octanol–water partition coefficient (Wildman–Crippen LogP) is 2.62. The predicted molar refractivity (Wildman–Crippen MR) is 158 cm³/mol. The molecule has 1 fully saturated rings. The maximum Gasteiger partial charge on any atom is 0.246 e. The third-order valence-electron chi connectivity index (χ3n) is 7.58. The summed E-state index contributed by atoms with van der Waals surface area (Å²) in [6.45, 7) is 9.28. The molecule has 2 N–H and O–H groups in total. The Balaban J connectivity index is 1.54. The molecular weight excluding hydrogens is 518 g/mol. The molecule has 3 amide bonds. The number of aryl methyl sites for hydroxylation is 1. The van der Waals surface area contributed by atoms with Gasteiger partial charge in [0, 0.05) is 45.6 Å². The Morgan fingerprint density at radius 2 is 1.85 bits per heavy atom. The van der Waals surface area contributed by atoms with Gasteiger partial charge >= 0.3 is 0 Å². The lowest BCUT2D eigenvalue weighted by Gasteiger charge is -2.41. The number of carbonyl (C=O) groups excluding carboxylic acids is 3. The maximum atomic E-state index is 14.0. The van der Waals surface area contributed by atoms with Gasteiger partial charge in [0.25, 0.3) is 0 Å². The summed E-state index contributed by atoms with van der Waals surface area (Å²) in [7, 11) is 0. The minimum atomic E-state index is -0.758. The monoisotopic (exact) mass is 561 g/mol. The summed E-state index contributed by atoms with van der Waals surface area (Å²) >= 11 is 0. The molecule has 1 aromatic heterocycles. The van der Waals surface area contributed by atoms with Gasteiger partial charge in [-0.2, -0.15) is 0 Å². The second-order valence-electron chi connectivity index (χ2n) is 11.3. The van der Waals surface area contributed by atoms with Gasteiger partial charge in [-0.25, -0.2) is 0 Å². The Morgan fingerprint density at radius 1 is 1.05 bits per heavy atom. The first-order valence-electron chi connectivity index (χ1n) is 14.6. The molecule has 10 nitrogen and oxygen atoms in total. The number of piperazine rings is 1. The summed E-state index contributed by atoms with van der Waals surface area (Å²) in [6, 6.07) is 8.22. The standard InChI is InChI=1S/C31H43N7O3/c1-23(2)9-7-10-24(3)14-16-36-17-18-38-28(22-36)30(40)32-20-26-21-37(35-34-26)15-8-13-29(39)33-27(31(38)41)19-25-11-5-4-6-12-25/h4-6,9,11-12,14,21,27-28H,7-8,10,13,15-20,22H2,1-3H3,(H,32,40)(H,33,39)/t27-,28+/m0/s1. The lowest BCUT2D eigenvalue weighted by atomic mass is 10.0. The molecule has 2 atom stereocenters. The Hall–Kier alpha value is -3.79. The summed E-state index contributed by atoms with van der Waals surface area (Å²) in [5.41, 5.74) is 4.21. The number of nitrogens with one attached hydrogen (secondary N) is 2. The van der Waals surface area contributed by atoms with Crippen LogP contribution in [0.1, 0.15) is 57.7 Å². The molecule has 4 rings (SSSR count). The van der Waals surface area contributed by atoms with Crippen molar-refractivity contribution in [1.82, 2.24) is 35.4 Å². The van der Waals surface area contributed by atoms with Crippen LogP contribution in [0.2, 0.25) is 0 Å². The van der Waals surface area contributed by atoms with Gasteiger partial charge in [0.05, 0.1) is 12.7 Å². The van der Waals surface area contributed by atoms with E-state index in [0.717, 1.165) is 18.4 Å². The second-order valence-corrected chi connectivity index (χ2v) is 11.3. The summed E-state index contributed by atoms with van der Waals surface area (Å²) in [5.74, 6) is -0.654. The van der Waals surface area contributed by atoms with Gasteiger partial charge in [-0.1, -0.05) is 58.8 Å². The lowest BCUT2D eigenvalue weighted by molar-refractivity contribution is -0.146. The zero-order valence-corrected chi connectivity index (χ0v) is 24.5. The summed E-state index contributed by atoms with van der Waals surface area (Å²) in [5, 5.41) is 14.2. The highest BCUT2D eigenvalue weighted by atomic mass is 16.2. The fourth-order valence-electron chi connectivity index (χ4n) is 5.21. The van der Waals surface area contributed by atoms with E-state index in [2.05, 4.69) is 58.8 Å². The molecule has 3 heterocycles. The zero-order chi connectivity index (χ0) is 29.2. The number of hydrogen-bond acceptors (Lipinski definition) is 6. The number of amides is 3. The van der Waals surface area contributed by atoms with Crippen LogP contribution in [0.5, 0.6) is 0 Å². The largest absolute Gasteiger partial charge is 0.348 e. The Morgan fingerprint density at radius 3 is 2.63 bits per heavy atom. The molecule has 2 aliphatic heterocycles. The molecule has 0 saturated carbocycles. The van der Waals surface area contributed by atoms with Crippen molar-refractivity contribution in [2.75, 3.05) is 26.2 Å². The van der Waals surface area contributed by atoms with E-state index in [1.54, 1.807) is 15.8 Å². The van der Waals surface area contributed by atoms with Crippen molar-refractivity contribution in [2.24, 2.45) is 0 Å². The maximum absolute atomic E-state index is 14.0. The number of carbonyl (C=O) groups is 3.